The Bertz CT molecular complexity index is 1610. The summed E-state index contributed by atoms with van der Waals surface area (Å²) in [4.78, 5) is 74.3. The summed E-state index contributed by atoms with van der Waals surface area (Å²) < 4.78 is 36.7. The fraction of sp³-hybridized carbons (Fsp3) is 0.500. The van der Waals surface area contributed by atoms with E-state index in [0.29, 0.717) is 36.5 Å². The van der Waals surface area contributed by atoms with Gasteiger partial charge in [0.25, 0.3) is 0 Å². The molecule has 0 bridgehead atoms. The number of fused-ring (bicyclic) bond motifs is 1. The lowest BCUT2D eigenvalue weighted by Gasteiger charge is -2.44. The molecule has 0 aliphatic carbocycles. The smallest absolute Gasteiger partial charge is 0.481 e. The van der Waals surface area contributed by atoms with Gasteiger partial charge in [-0.05, 0) is 41.9 Å². The van der Waals surface area contributed by atoms with Gasteiger partial charge in [0.05, 0.1) is 56.1 Å². The number of carboxylic acids is 2. The first-order chi connectivity index (χ1) is 25.0. The van der Waals surface area contributed by atoms with Gasteiger partial charge in [0, 0.05) is 25.0 Å². The number of benzene rings is 1. The number of ketones is 1. The zero-order valence-electron chi connectivity index (χ0n) is 29.8. The van der Waals surface area contributed by atoms with E-state index >= 15 is 0 Å². The molecule has 4 rings (SSSR count). The van der Waals surface area contributed by atoms with Crippen LogP contribution in [-0.4, -0.2) is 114 Å². The van der Waals surface area contributed by atoms with Crippen molar-refractivity contribution in [2.45, 2.75) is 82.8 Å². The van der Waals surface area contributed by atoms with E-state index in [1.54, 1.807) is 30.5 Å². The summed E-state index contributed by atoms with van der Waals surface area (Å²) in [5, 5.41) is 18.3. The molecule has 2 unspecified atom stereocenters. The van der Waals surface area contributed by atoms with Gasteiger partial charge in [0.15, 0.2) is 5.78 Å². The van der Waals surface area contributed by atoms with Gasteiger partial charge in [-0.1, -0.05) is 44.5 Å². The van der Waals surface area contributed by atoms with Crippen molar-refractivity contribution < 1.29 is 52.1 Å². The van der Waals surface area contributed by atoms with E-state index in [1.165, 1.54) is 13.4 Å². The SMILES string of the molecule is CC[C@H](C)[C@H](N)C(C(=O)Cc1c[nH]cn1)N1Cc2ccccc2C[C@H]1C(=O)NC(CCSC)C(=O)OC.O=C(O)C(F)(F)F.O=C(O)Cc1c[nH]cn1. The van der Waals surface area contributed by atoms with Crippen LogP contribution in [0.3, 0.4) is 0 Å². The third kappa shape index (κ3) is 14.3. The second-order valence-electron chi connectivity index (χ2n) is 12.1. The summed E-state index contributed by atoms with van der Waals surface area (Å²) in [6.45, 7) is 4.48. The van der Waals surface area contributed by atoms with Crippen LogP contribution in [0.15, 0.2) is 49.3 Å². The summed E-state index contributed by atoms with van der Waals surface area (Å²) in [6, 6.07) is 5.34. The van der Waals surface area contributed by atoms with E-state index in [-0.39, 0.29) is 30.4 Å². The summed E-state index contributed by atoms with van der Waals surface area (Å²) in [6.07, 6.45) is 4.90. The standard InChI is InChI=1S/C27H39N5O4S.C5H6N2O2.C2HF3O2/c1-5-17(2)24(28)25(23(33)13-20-14-29-16-30-20)32-15-19-9-7-6-8-18(19)12-22(32)26(34)31-21(10-11-37-4)27(35)36-3;8-5(9)1-4-2-6-3-7-4;3-2(4,5)1(6)7/h6-9,14,16-17,21-22,24-25H,5,10-13,15,28H2,1-4H3,(H,29,30)(H,31,34);2-3H,1H2,(H,6,7)(H,8,9);(H,6,7)/t17-,21?,22-,24-,25?;;/m0../s1. The highest BCUT2D eigenvalue weighted by molar-refractivity contribution is 7.98. The lowest BCUT2D eigenvalue weighted by Crippen LogP contribution is -2.63. The molecule has 0 fully saturated rings. The topological polar surface area (TPSA) is 234 Å². The maximum atomic E-state index is 13.8. The van der Waals surface area contributed by atoms with Crippen LogP contribution >= 0.6 is 11.8 Å². The molecule has 15 nitrogen and oxygen atoms in total. The van der Waals surface area contributed by atoms with Gasteiger partial charge in [-0.25, -0.2) is 19.6 Å². The molecule has 1 aliphatic rings. The Kier molecular flexibility index (Phi) is 18.2. The fourth-order valence-electron chi connectivity index (χ4n) is 5.39. The lowest BCUT2D eigenvalue weighted by molar-refractivity contribution is -0.192. The molecule has 1 amide bonds. The zero-order valence-corrected chi connectivity index (χ0v) is 30.6. The van der Waals surface area contributed by atoms with Crippen LogP contribution in [0.2, 0.25) is 0 Å². The van der Waals surface area contributed by atoms with Crippen LogP contribution in [0.5, 0.6) is 0 Å². The van der Waals surface area contributed by atoms with Crippen molar-refractivity contribution in [3.8, 4) is 0 Å². The molecule has 1 aromatic carbocycles. The van der Waals surface area contributed by atoms with Gasteiger partial charge in [-0.3, -0.25) is 19.3 Å². The lowest BCUT2D eigenvalue weighted by atomic mass is 9.84. The number of H-pyrrole nitrogens is 2. The van der Waals surface area contributed by atoms with Crippen molar-refractivity contribution in [2.75, 3.05) is 19.1 Å². The number of halogens is 3. The number of aliphatic carboxylic acids is 2. The molecular weight excluding hydrogens is 723 g/mol. The van der Waals surface area contributed by atoms with Crippen LogP contribution in [-0.2, 0) is 54.5 Å². The number of carboxylic acid groups (broad SMARTS) is 2. The molecule has 1 aliphatic heterocycles. The highest BCUT2D eigenvalue weighted by Crippen LogP contribution is 2.29. The minimum atomic E-state index is -5.08. The summed E-state index contributed by atoms with van der Waals surface area (Å²) in [7, 11) is 1.32. The summed E-state index contributed by atoms with van der Waals surface area (Å²) in [5.41, 5.74) is 10.1. The number of ether oxygens (including phenoxy) is 1. The maximum Gasteiger partial charge on any atom is 0.490 e. The number of aromatic amines is 2. The number of nitrogens with two attached hydrogens (primary N) is 1. The van der Waals surface area contributed by atoms with Crippen molar-refractivity contribution in [1.82, 2.24) is 30.2 Å². The minimum Gasteiger partial charge on any atom is -0.481 e. The molecule has 0 spiro atoms. The number of amides is 1. The first-order valence-electron chi connectivity index (χ1n) is 16.5. The number of carbonyl (C=O) groups excluding carboxylic acids is 3. The quantitative estimate of drug-likeness (QED) is 0.122. The van der Waals surface area contributed by atoms with Gasteiger partial charge in [0.2, 0.25) is 5.91 Å². The van der Waals surface area contributed by atoms with Crippen LogP contribution in [0, 0.1) is 5.92 Å². The monoisotopic (exact) mass is 769 g/mol. The Labute approximate surface area is 308 Å². The predicted octanol–water partition coefficient (Wildman–Crippen LogP) is 2.77. The largest absolute Gasteiger partial charge is 0.490 e. The van der Waals surface area contributed by atoms with E-state index < -0.39 is 48.3 Å². The number of nitrogens with one attached hydrogen (secondary N) is 3. The van der Waals surface area contributed by atoms with E-state index in [0.717, 1.165) is 17.5 Å². The van der Waals surface area contributed by atoms with E-state index in [1.807, 2.05) is 49.3 Å². The molecule has 5 atom stereocenters. The molecule has 7 N–H and O–H groups in total. The zero-order chi connectivity index (χ0) is 39.7. The Morgan fingerprint density at radius 2 is 1.62 bits per heavy atom. The molecular formula is C34H46F3N7O8S. The number of nitrogens with zero attached hydrogens (tertiary/aromatic N) is 3. The van der Waals surface area contributed by atoms with Crippen LogP contribution < -0.4 is 11.1 Å². The molecule has 292 valence electrons. The molecule has 3 aromatic rings. The Morgan fingerprint density at radius 1 is 1.06 bits per heavy atom. The number of esters is 1. The number of carbonyl (C=O) groups is 5. The Balaban J connectivity index is 0.000000499. The van der Waals surface area contributed by atoms with Crippen molar-refractivity contribution >= 4 is 41.4 Å². The number of thioether (sulfide) groups is 1. The Hall–Kier alpha value is -4.75. The van der Waals surface area contributed by atoms with Crippen molar-refractivity contribution in [1.29, 1.82) is 0 Å². The van der Waals surface area contributed by atoms with Crippen molar-refractivity contribution in [2.24, 2.45) is 11.7 Å². The molecule has 0 saturated carbocycles. The van der Waals surface area contributed by atoms with E-state index in [4.69, 9.17) is 25.5 Å². The number of Topliss-reactive ketones (excluding diaryl/α,β-unsaturated/α-hetero) is 1. The van der Waals surface area contributed by atoms with Gasteiger partial charge in [-0.15, -0.1) is 0 Å². The third-order valence-corrected chi connectivity index (χ3v) is 9.04. The first kappa shape index (κ1) is 44.4. The highest BCUT2D eigenvalue weighted by atomic mass is 32.2. The maximum absolute atomic E-state index is 13.8. The molecule has 53 heavy (non-hydrogen) atoms. The normalized spacial score (nSPS) is 16.2. The molecule has 0 radical (unpaired) electrons. The van der Waals surface area contributed by atoms with Gasteiger partial charge < -0.3 is 36.0 Å². The highest BCUT2D eigenvalue weighted by Gasteiger charge is 2.43. The molecule has 0 saturated heterocycles. The number of rotatable bonds is 15. The van der Waals surface area contributed by atoms with Crippen molar-refractivity contribution in [3.63, 3.8) is 0 Å². The average Bonchev–Trinajstić information content (AvgIpc) is 3.83. The van der Waals surface area contributed by atoms with Crippen LogP contribution in [0.1, 0.15) is 49.2 Å². The number of methoxy groups -OCH3 is 1. The van der Waals surface area contributed by atoms with Gasteiger partial charge >= 0.3 is 24.1 Å². The molecule has 19 heteroatoms. The molecule has 2 aromatic heterocycles. The Morgan fingerprint density at radius 3 is 2.09 bits per heavy atom. The second kappa shape index (κ2) is 21.7. The number of hydrogen-bond acceptors (Lipinski definition) is 11. The van der Waals surface area contributed by atoms with Gasteiger partial charge in [-0.2, -0.15) is 24.9 Å². The summed E-state index contributed by atoms with van der Waals surface area (Å²) >= 11 is 1.59. The third-order valence-electron chi connectivity index (χ3n) is 8.39. The second-order valence-corrected chi connectivity index (χ2v) is 13.1. The summed E-state index contributed by atoms with van der Waals surface area (Å²) in [5.74, 6) is -3.73. The van der Waals surface area contributed by atoms with Crippen LogP contribution in [0.4, 0.5) is 13.2 Å². The van der Waals surface area contributed by atoms with E-state index in [9.17, 15) is 32.3 Å². The number of aromatic nitrogens is 4. The molecule has 3 heterocycles. The minimum absolute atomic E-state index is 0.0104. The number of alkyl halides is 3. The fourth-order valence-corrected chi connectivity index (χ4v) is 5.86. The predicted molar refractivity (Wildman–Crippen MR) is 189 cm³/mol. The number of imidazole rings is 2. The first-order valence-corrected chi connectivity index (χ1v) is 17.9. The van der Waals surface area contributed by atoms with E-state index in [2.05, 4.69) is 25.3 Å². The van der Waals surface area contributed by atoms with Crippen molar-refractivity contribution in [3.05, 3.63) is 71.8 Å². The van der Waals surface area contributed by atoms with Crippen LogP contribution in [0.25, 0.3) is 0 Å². The average molecular weight is 770 g/mol. The van der Waals surface area contributed by atoms with Gasteiger partial charge in [0.1, 0.15) is 6.04 Å². The number of hydrogen-bond donors (Lipinski definition) is 6.